The summed E-state index contributed by atoms with van der Waals surface area (Å²) in [6, 6.07) is 84.1. The molecule has 10 aromatic rings. The number of rotatable bonds is 11. The number of benzene rings is 10. The highest BCUT2D eigenvalue weighted by Gasteiger charge is 2.18. The zero-order valence-corrected chi connectivity index (χ0v) is 32.8. The lowest BCUT2D eigenvalue weighted by atomic mass is 10.0. The molecule has 0 saturated carbocycles. The lowest BCUT2D eigenvalue weighted by Crippen LogP contribution is -2.10. The van der Waals surface area contributed by atoms with Crippen LogP contribution < -0.4 is 19.3 Å². The third-order valence-electron chi connectivity index (χ3n) is 10.7. The standard InChI is InChI=1S/C56H40N2O2/c1-3-17-49(18-4-1)59-51-37-33-47(34-38-51)57(55-23-11-15-43-13-7-9-21-53(43)55)45-29-25-41(26-30-45)42-27-31-46(32-28-42)58(56-24-12-16-44-14-8-10-22-54(44)56)48-35-39-52(40-36-48)60-50-19-5-2-6-20-50/h1-40H. The third-order valence-corrected chi connectivity index (χ3v) is 10.7. The Balaban J connectivity index is 0.976. The predicted molar refractivity (Wildman–Crippen MR) is 249 cm³/mol. The van der Waals surface area contributed by atoms with Crippen molar-refractivity contribution in [3.05, 3.63) is 243 Å². The average molecular weight is 773 g/mol. The molecule has 0 aliphatic heterocycles. The van der Waals surface area contributed by atoms with E-state index in [2.05, 4.69) is 168 Å². The largest absolute Gasteiger partial charge is 0.457 e. The number of ether oxygens (including phenoxy) is 2. The van der Waals surface area contributed by atoms with Crippen LogP contribution in [0, 0.1) is 0 Å². The highest BCUT2D eigenvalue weighted by Crippen LogP contribution is 2.42. The van der Waals surface area contributed by atoms with E-state index in [0.29, 0.717) is 0 Å². The van der Waals surface area contributed by atoms with E-state index in [9.17, 15) is 0 Å². The Kier molecular flexibility index (Phi) is 9.92. The molecule has 0 aromatic heterocycles. The molecule has 0 unspecified atom stereocenters. The van der Waals surface area contributed by atoms with Crippen LogP contribution >= 0.6 is 0 Å². The molecule has 10 aromatic carbocycles. The second kappa shape index (κ2) is 16.4. The molecule has 0 heterocycles. The maximum atomic E-state index is 6.15. The van der Waals surface area contributed by atoms with Crippen LogP contribution in [0.15, 0.2) is 243 Å². The topological polar surface area (TPSA) is 24.9 Å². The van der Waals surface area contributed by atoms with E-state index >= 15 is 0 Å². The van der Waals surface area contributed by atoms with Gasteiger partial charge in [0.15, 0.2) is 0 Å². The summed E-state index contributed by atoms with van der Waals surface area (Å²) in [6.07, 6.45) is 0. The van der Waals surface area contributed by atoms with E-state index in [0.717, 1.165) is 68.2 Å². The normalized spacial score (nSPS) is 11.0. The van der Waals surface area contributed by atoms with Crippen molar-refractivity contribution >= 4 is 55.7 Å². The minimum Gasteiger partial charge on any atom is -0.457 e. The Labute approximate surface area is 350 Å². The molecular weight excluding hydrogens is 733 g/mol. The molecule has 0 spiro atoms. The Morgan fingerprint density at radius 1 is 0.233 bits per heavy atom. The number of anilines is 6. The molecule has 0 bridgehead atoms. The van der Waals surface area contributed by atoms with Crippen LogP contribution in [0.25, 0.3) is 32.7 Å². The Hall–Kier alpha value is -8.08. The smallest absolute Gasteiger partial charge is 0.127 e. The highest BCUT2D eigenvalue weighted by atomic mass is 16.5. The van der Waals surface area contributed by atoms with Gasteiger partial charge in [0.1, 0.15) is 23.0 Å². The first-order chi connectivity index (χ1) is 29.7. The van der Waals surface area contributed by atoms with Crippen LogP contribution in [0.4, 0.5) is 34.1 Å². The van der Waals surface area contributed by atoms with Gasteiger partial charge in [-0.25, -0.2) is 0 Å². The van der Waals surface area contributed by atoms with Crippen molar-refractivity contribution in [2.24, 2.45) is 0 Å². The Morgan fingerprint density at radius 3 is 0.917 bits per heavy atom. The highest BCUT2D eigenvalue weighted by molar-refractivity contribution is 6.00. The second-order valence-electron chi connectivity index (χ2n) is 14.6. The Morgan fingerprint density at radius 2 is 0.533 bits per heavy atom. The molecule has 10 rings (SSSR count). The molecule has 0 aliphatic carbocycles. The van der Waals surface area contributed by atoms with E-state index in [1.54, 1.807) is 0 Å². The number of hydrogen-bond acceptors (Lipinski definition) is 4. The van der Waals surface area contributed by atoms with Gasteiger partial charge in [-0.2, -0.15) is 0 Å². The number of fused-ring (bicyclic) bond motifs is 2. The van der Waals surface area contributed by atoms with Crippen molar-refractivity contribution in [2.45, 2.75) is 0 Å². The minimum absolute atomic E-state index is 0.787. The van der Waals surface area contributed by atoms with Gasteiger partial charge in [-0.1, -0.05) is 133 Å². The quantitative estimate of drug-likeness (QED) is 0.131. The van der Waals surface area contributed by atoms with Gasteiger partial charge in [-0.3, -0.25) is 0 Å². The SMILES string of the molecule is c1ccc(Oc2ccc(N(c3ccc(-c4ccc(N(c5ccc(Oc6ccccc6)cc5)c5cccc6ccccc56)cc4)cc3)c3cccc4ccccc34)cc2)cc1. The van der Waals surface area contributed by atoms with Crippen molar-refractivity contribution in [1.82, 2.24) is 0 Å². The first kappa shape index (κ1) is 36.3. The molecule has 0 amide bonds. The molecule has 286 valence electrons. The molecule has 0 radical (unpaired) electrons. The van der Waals surface area contributed by atoms with E-state index in [1.807, 2.05) is 84.9 Å². The van der Waals surface area contributed by atoms with Crippen molar-refractivity contribution in [1.29, 1.82) is 0 Å². The van der Waals surface area contributed by atoms with Crippen LogP contribution in [0.1, 0.15) is 0 Å². The van der Waals surface area contributed by atoms with Gasteiger partial charge in [0.2, 0.25) is 0 Å². The minimum atomic E-state index is 0.787. The van der Waals surface area contributed by atoms with Gasteiger partial charge in [-0.15, -0.1) is 0 Å². The van der Waals surface area contributed by atoms with E-state index < -0.39 is 0 Å². The first-order valence-electron chi connectivity index (χ1n) is 20.2. The summed E-state index contributed by atoms with van der Waals surface area (Å²) in [7, 11) is 0. The van der Waals surface area contributed by atoms with Crippen LogP contribution in [-0.4, -0.2) is 0 Å². The van der Waals surface area contributed by atoms with Crippen LogP contribution in [-0.2, 0) is 0 Å². The van der Waals surface area contributed by atoms with E-state index in [1.165, 1.54) is 21.5 Å². The van der Waals surface area contributed by atoms with Crippen molar-refractivity contribution in [3.8, 4) is 34.1 Å². The first-order valence-corrected chi connectivity index (χ1v) is 20.2. The van der Waals surface area contributed by atoms with Gasteiger partial charge in [0.05, 0.1) is 11.4 Å². The molecule has 60 heavy (non-hydrogen) atoms. The summed E-state index contributed by atoms with van der Waals surface area (Å²) in [5, 5.41) is 4.74. The molecule has 0 N–H and O–H groups in total. The lowest BCUT2D eigenvalue weighted by molar-refractivity contribution is 0.482. The number of nitrogens with zero attached hydrogens (tertiary/aromatic N) is 2. The van der Waals surface area contributed by atoms with Gasteiger partial charge in [0, 0.05) is 33.5 Å². The predicted octanol–water partition coefficient (Wildman–Crippen LogP) is 16.2. The number of hydrogen-bond donors (Lipinski definition) is 0. The van der Waals surface area contributed by atoms with Gasteiger partial charge in [0.25, 0.3) is 0 Å². The summed E-state index contributed by atoms with van der Waals surface area (Å²) >= 11 is 0. The summed E-state index contributed by atoms with van der Waals surface area (Å²) < 4.78 is 12.3. The zero-order valence-electron chi connectivity index (χ0n) is 32.8. The van der Waals surface area contributed by atoms with Crippen LogP contribution in [0.3, 0.4) is 0 Å². The number of para-hydroxylation sites is 2. The maximum absolute atomic E-state index is 6.15. The van der Waals surface area contributed by atoms with E-state index in [4.69, 9.17) is 9.47 Å². The van der Waals surface area contributed by atoms with Crippen molar-refractivity contribution in [2.75, 3.05) is 9.80 Å². The van der Waals surface area contributed by atoms with Gasteiger partial charge >= 0.3 is 0 Å². The third kappa shape index (κ3) is 7.53. The van der Waals surface area contributed by atoms with E-state index in [-0.39, 0.29) is 0 Å². The molecule has 0 atom stereocenters. The molecule has 4 nitrogen and oxygen atoms in total. The zero-order chi connectivity index (χ0) is 40.1. The van der Waals surface area contributed by atoms with Gasteiger partial charge in [-0.05, 0) is 131 Å². The lowest BCUT2D eigenvalue weighted by Gasteiger charge is -2.27. The fraction of sp³-hybridized carbons (Fsp3) is 0. The monoisotopic (exact) mass is 772 g/mol. The molecule has 0 aliphatic rings. The van der Waals surface area contributed by atoms with Crippen molar-refractivity contribution < 1.29 is 9.47 Å². The summed E-state index contributed by atoms with van der Waals surface area (Å²) in [5.74, 6) is 3.19. The second-order valence-corrected chi connectivity index (χ2v) is 14.6. The molecule has 0 fully saturated rings. The summed E-state index contributed by atoms with van der Waals surface area (Å²) in [4.78, 5) is 4.64. The average Bonchev–Trinajstić information content (AvgIpc) is 3.32. The fourth-order valence-electron chi connectivity index (χ4n) is 7.84. The maximum Gasteiger partial charge on any atom is 0.127 e. The molecule has 4 heteroatoms. The summed E-state index contributed by atoms with van der Waals surface area (Å²) in [5.41, 5.74) is 8.68. The van der Waals surface area contributed by atoms with Crippen molar-refractivity contribution in [3.63, 3.8) is 0 Å². The van der Waals surface area contributed by atoms with Crippen LogP contribution in [0.5, 0.6) is 23.0 Å². The molecule has 0 saturated heterocycles. The van der Waals surface area contributed by atoms with Crippen LogP contribution in [0.2, 0.25) is 0 Å². The molecular formula is C56H40N2O2. The van der Waals surface area contributed by atoms with Gasteiger partial charge < -0.3 is 19.3 Å². The fourth-order valence-corrected chi connectivity index (χ4v) is 7.84. The Bertz CT molecular complexity index is 2780. The summed E-state index contributed by atoms with van der Waals surface area (Å²) in [6.45, 7) is 0.